The Morgan fingerprint density at radius 2 is 1.88 bits per heavy atom. The minimum Gasteiger partial charge on any atom is -0.368 e. The largest absolute Gasteiger partial charge is 0.368 e. The van der Waals surface area contributed by atoms with E-state index < -0.39 is 0 Å². The second-order valence-electron chi connectivity index (χ2n) is 6.99. The number of piperidine rings is 1. The highest BCUT2D eigenvalue weighted by Gasteiger charge is 2.27. The maximum absolute atomic E-state index is 12.2. The van der Waals surface area contributed by atoms with Gasteiger partial charge in [0.25, 0.3) is 0 Å². The van der Waals surface area contributed by atoms with E-state index in [0.717, 1.165) is 48.2 Å². The van der Waals surface area contributed by atoms with Crippen LogP contribution in [0.15, 0.2) is 48.9 Å². The van der Waals surface area contributed by atoms with Gasteiger partial charge in [-0.05, 0) is 25.0 Å². The Morgan fingerprint density at radius 3 is 2.62 bits per heavy atom. The zero-order valence-electron chi connectivity index (χ0n) is 15.2. The number of aromatic nitrogens is 3. The summed E-state index contributed by atoms with van der Waals surface area (Å²) in [6, 6.07) is 10.1. The van der Waals surface area contributed by atoms with Crippen LogP contribution in [0, 0.1) is 5.92 Å². The molecule has 1 fully saturated rings. The van der Waals surface area contributed by atoms with E-state index in [4.69, 9.17) is 5.10 Å². The molecule has 6 heteroatoms. The number of rotatable bonds is 3. The molecule has 0 radical (unpaired) electrons. The minimum absolute atomic E-state index is 0.119. The molecule has 2 aromatic heterocycles. The first-order chi connectivity index (χ1) is 12.6. The van der Waals surface area contributed by atoms with Crippen LogP contribution in [0.2, 0.25) is 0 Å². The SMILES string of the molecule is CN(C)C(=O)C1CCN(c2cnccc2-n2cc3ccccc3n2)CC1. The van der Waals surface area contributed by atoms with E-state index in [2.05, 4.69) is 22.1 Å². The molecule has 1 aliphatic rings. The Kier molecular flexibility index (Phi) is 4.32. The van der Waals surface area contributed by atoms with Gasteiger partial charge in [0.15, 0.2) is 0 Å². The van der Waals surface area contributed by atoms with E-state index in [1.54, 1.807) is 11.1 Å². The predicted octanol–water partition coefficient (Wildman–Crippen LogP) is 2.73. The van der Waals surface area contributed by atoms with Crippen molar-refractivity contribution < 1.29 is 4.79 Å². The summed E-state index contributed by atoms with van der Waals surface area (Å²) in [5.74, 6) is 0.350. The smallest absolute Gasteiger partial charge is 0.225 e. The molecular weight excluding hydrogens is 326 g/mol. The Balaban J connectivity index is 1.60. The Hall–Kier alpha value is -2.89. The quantitative estimate of drug-likeness (QED) is 0.730. The highest BCUT2D eigenvalue weighted by molar-refractivity contribution is 5.80. The summed E-state index contributed by atoms with van der Waals surface area (Å²) < 4.78 is 1.93. The number of hydrogen-bond acceptors (Lipinski definition) is 4. The van der Waals surface area contributed by atoms with Gasteiger partial charge in [0, 0.05) is 50.9 Å². The first kappa shape index (κ1) is 16.6. The van der Waals surface area contributed by atoms with Crippen molar-refractivity contribution >= 4 is 22.5 Å². The maximum atomic E-state index is 12.2. The average molecular weight is 349 g/mol. The number of fused-ring (bicyclic) bond motifs is 1. The van der Waals surface area contributed by atoms with Gasteiger partial charge in [-0.15, -0.1) is 0 Å². The molecule has 0 saturated carbocycles. The van der Waals surface area contributed by atoms with Gasteiger partial charge in [-0.3, -0.25) is 9.78 Å². The molecule has 3 heterocycles. The number of carbonyl (C=O) groups is 1. The van der Waals surface area contributed by atoms with Crippen LogP contribution in [-0.2, 0) is 4.79 Å². The van der Waals surface area contributed by atoms with Crippen LogP contribution in [0.4, 0.5) is 5.69 Å². The normalized spacial score (nSPS) is 15.4. The fraction of sp³-hybridized carbons (Fsp3) is 0.350. The van der Waals surface area contributed by atoms with Gasteiger partial charge in [-0.2, -0.15) is 5.10 Å². The lowest BCUT2D eigenvalue weighted by Crippen LogP contribution is -2.40. The van der Waals surface area contributed by atoms with Gasteiger partial charge < -0.3 is 9.80 Å². The number of benzene rings is 1. The first-order valence-corrected chi connectivity index (χ1v) is 8.98. The van der Waals surface area contributed by atoms with Crippen molar-refractivity contribution in [3.8, 4) is 5.69 Å². The maximum Gasteiger partial charge on any atom is 0.225 e. The number of amides is 1. The predicted molar refractivity (Wildman–Crippen MR) is 102 cm³/mol. The number of hydrogen-bond donors (Lipinski definition) is 0. The number of carbonyl (C=O) groups excluding carboxylic acids is 1. The summed E-state index contributed by atoms with van der Waals surface area (Å²) in [4.78, 5) is 20.5. The second kappa shape index (κ2) is 6.78. The first-order valence-electron chi connectivity index (χ1n) is 8.98. The molecule has 4 rings (SSSR count). The van der Waals surface area contributed by atoms with Crippen LogP contribution in [0.25, 0.3) is 16.6 Å². The summed E-state index contributed by atoms with van der Waals surface area (Å²) in [6.07, 6.45) is 7.48. The van der Waals surface area contributed by atoms with E-state index in [-0.39, 0.29) is 11.8 Å². The molecule has 3 aromatic rings. The van der Waals surface area contributed by atoms with Gasteiger partial charge in [0.05, 0.1) is 23.1 Å². The molecule has 0 atom stereocenters. The van der Waals surface area contributed by atoms with Crippen molar-refractivity contribution in [2.75, 3.05) is 32.1 Å². The Bertz CT molecular complexity index is 892. The summed E-state index contributed by atoms with van der Waals surface area (Å²) in [7, 11) is 3.66. The third-order valence-corrected chi connectivity index (χ3v) is 5.06. The lowest BCUT2D eigenvalue weighted by molar-refractivity contribution is -0.133. The summed E-state index contributed by atoms with van der Waals surface area (Å²) in [6.45, 7) is 1.70. The van der Waals surface area contributed by atoms with Crippen molar-refractivity contribution in [1.29, 1.82) is 0 Å². The molecule has 1 amide bonds. The van der Waals surface area contributed by atoms with Crippen LogP contribution in [0.5, 0.6) is 0 Å². The van der Waals surface area contributed by atoms with Crippen molar-refractivity contribution in [3.63, 3.8) is 0 Å². The summed E-state index contributed by atoms with van der Waals surface area (Å²) in [5.41, 5.74) is 3.06. The topological polar surface area (TPSA) is 54.3 Å². The standard InChI is InChI=1S/C20H23N5O/c1-23(2)20(26)15-8-11-24(12-9-15)19-13-21-10-7-18(19)25-14-16-5-3-4-6-17(16)22-25/h3-7,10,13-15H,8-9,11-12H2,1-2H3. The minimum atomic E-state index is 0.119. The molecule has 0 spiro atoms. The molecule has 6 nitrogen and oxygen atoms in total. The molecule has 0 unspecified atom stereocenters. The second-order valence-corrected chi connectivity index (χ2v) is 6.99. The number of pyridine rings is 1. The third kappa shape index (κ3) is 3.03. The van der Waals surface area contributed by atoms with Crippen LogP contribution in [-0.4, -0.2) is 52.8 Å². The fourth-order valence-corrected chi connectivity index (χ4v) is 3.64. The molecule has 0 aliphatic carbocycles. The van der Waals surface area contributed by atoms with Crippen LogP contribution >= 0.6 is 0 Å². The number of nitrogens with zero attached hydrogens (tertiary/aromatic N) is 5. The lowest BCUT2D eigenvalue weighted by atomic mass is 9.95. The average Bonchev–Trinajstić information content (AvgIpc) is 3.11. The summed E-state index contributed by atoms with van der Waals surface area (Å²) >= 11 is 0. The van der Waals surface area contributed by atoms with Gasteiger partial charge in [0.1, 0.15) is 0 Å². The highest BCUT2D eigenvalue weighted by Crippen LogP contribution is 2.29. The molecule has 0 N–H and O–H groups in total. The zero-order valence-corrected chi connectivity index (χ0v) is 15.2. The molecule has 1 aliphatic heterocycles. The number of anilines is 1. The molecular formula is C20H23N5O. The molecule has 134 valence electrons. The fourth-order valence-electron chi connectivity index (χ4n) is 3.64. The van der Waals surface area contributed by atoms with Gasteiger partial charge >= 0.3 is 0 Å². The monoisotopic (exact) mass is 349 g/mol. The van der Waals surface area contributed by atoms with Crippen LogP contribution < -0.4 is 4.90 Å². The van der Waals surface area contributed by atoms with Crippen molar-refractivity contribution in [2.45, 2.75) is 12.8 Å². The van der Waals surface area contributed by atoms with E-state index in [9.17, 15) is 4.79 Å². The molecule has 1 aromatic carbocycles. The zero-order chi connectivity index (χ0) is 18.1. The third-order valence-electron chi connectivity index (χ3n) is 5.06. The Labute approximate surface area is 153 Å². The molecule has 1 saturated heterocycles. The highest BCUT2D eigenvalue weighted by atomic mass is 16.2. The van der Waals surface area contributed by atoms with Gasteiger partial charge in [-0.25, -0.2) is 4.68 Å². The van der Waals surface area contributed by atoms with Crippen LogP contribution in [0.1, 0.15) is 12.8 Å². The lowest BCUT2D eigenvalue weighted by Gasteiger charge is -2.34. The van der Waals surface area contributed by atoms with E-state index in [1.807, 2.05) is 49.2 Å². The molecule has 26 heavy (non-hydrogen) atoms. The van der Waals surface area contributed by atoms with E-state index in [1.165, 1.54) is 0 Å². The van der Waals surface area contributed by atoms with E-state index >= 15 is 0 Å². The van der Waals surface area contributed by atoms with Gasteiger partial charge in [0.2, 0.25) is 5.91 Å². The van der Waals surface area contributed by atoms with Crippen molar-refractivity contribution in [2.24, 2.45) is 5.92 Å². The Morgan fingerprint density at radius 1 is 1.12 bits per heavy atom. The van der Waals surface area contributed by atoms with Crippen molar-refractivity contribution in [1.82, 2.24) is 19.7 Å². The van der Waals surface area contributed by atoms with Gasteiger partial charge in [-0.1, -0.05) is 18.2 Å². The summed E-state index contributed by atoms with van der Waals surface area (Å²) in [5, 5.41) is 5.82. The molecule has 0 bridgehead atoms. The van der Waals surface area contributed by atoms with Crippen LogP contribution in [0.3, 0.4) is 0 Å². The van der Waals surface area contributed by atoms with E-state index in [0.29, 0.717) is 0 Å². The van der Waals surface area contributed by atoms with Crippen molar-refractivity contribution in [3.05, 3.63) is 48.9 Å².